The second-order valence-electron chi connectivity index (χ2n) is 8.86. The van der Waals surface area contributed by atoms with Gasteiger partial charge in [0.1, 0.15) is 0 Å². The number of hydrogen-bond acceptors (Lipinski definition) is 0. The molecule has 4 aromatic carbocycles. The van der Waals surface area contributed by atoms with Crippen LogP contribution in [0, 0.1) is 5.92 Å². The summed E-state index contributed by atoms with van der Waals surface area (Å²) in [5.74, 6) is 0.592. The molecule has 6 rings (SSSR count). The molecule has 0 aliphatic heterocycles. The molecule has 1 atom stereocenters. The summed E-state index contributed by atoms with van der Waals surface area (Å²) >= 11 is 0. The van der Waals surface area contributed by atoms with Crippen LogP contribution < -0.4 is 0 Å². The summed E-state index contributed by atoms with van der Waals surface area (Å²) < 4.78 is 0. The van der Waals surface area contributed by atoms with Gasteiger partial charge in [0.25, 0.3) is 0 Å². The molecule has 31 heavy (non-hydrogen) atoms. The molecule has 0 fully saturated rings. The second kappa shape index (κ2) is 7.71. The number of allylic oxidation sites excluding steroid dienone is 4. The molecule has 0 heterocycles. The fraction of sp³-hybridized carbons (Fsp3) is 0.161. The Bertz CT molecular complexity index is 1310. The van der Waals surface area contributed by atoms with Gasteiger partial charge < -0.3 is 0 Å². The van der Waals surface area contributed by atoms with Gasteiger partial charge in [0, 0.05) is 0 Å². The van der Waals surface area contributed by atoms with Crippen molar-refractivity contribution in [1.82, 2.24) is 0 Å². The van der Waals surface area contributed by atoms with Gasteiger partial charge in [-0.15, -0.1) is 0 Å². The number of hydrogen-bond donors (Lipinski definition) is 0. The lowest BCUT2D eigenvalue weighted by Crippen LogP contribution is -2.20. The molecule has 2 aliphatic carbocycles. The van der Waals surface area contributed by atoms with Crippen LogP contribution in [-0.4, -0.2) is 0 Å². The molecular weight excluding hydrogens is 372 g/mol. The lowest BCUT2D eigenvalue weighted by Gasteiger charge is -2.32. The third-order valence-corrected chi connectivity index (χ3v) is 7.01. The van der Waals surface area contributed by atoms with Crippen molar-refractivity contribution in [1.29, 1.82) is 0 Å². The normalized spacial score (nSPS) is 17.5. The van der Waals surface area contributed by atoms with Crippen LogP contribution in [0.1, 0.15) is 29.5 Å². The molecule has 0 heteroatoms. The predicted octanol–water partition coefficient (Wildman–Crippen LogP) is 8.03. The van der Waals surface area contributed by atoms with E-state index in [0.29, 0.717) is 5.92 Å². The van der Waals surface area contributed by atoms with Crippen molar-refractivity contribution < 1.29 is 0 Å². The van der Waals surface area contributed by atoms with Crippen molar-refractivity contribution in [3.05, 3.63) is 125 Å². The van der Waals surface area contributed by atoms with E-state index in [-0.39, 0.29) is 0 Å². The Kier molecular flexibility index (Phi) is 4.57. The fourth-order valence-electron chi connectivity index (χ4n) is 5.51. The minimum Gasteiger partial charge on any atom is -0.0836 e. The minimum absolute atomic E-state index is 0.592. The molecule has 150 valence electrons. The van der Waals surface area contributed by atoms with Gasteiger partial charge in [0.2, 0.25) is 0 Å². The molecule has 2 aliphatic rings. The highest BCUT2D eigenvalue weighted by atomic mass is 14.3. The molecular formula is C31H26. The first kappa shape index (κ1) is 18.4. The topological polar surface area (TPSA) is 0 Å². The zero-order valence-electron chi connectivity index (χ0n) is 17.7. The summed E-state index contributed by atoms with van der Waals surface area (Å²) in [6.07, 6.45) is 9.39. The predicted molar refractivity (Wildman–Crippen MR) is 132 cm³/mol. The Balaban J connectivity index is 1.47. The Morgan fingerprint density at radius 3 is 2.39 bits per heavy atom. The highest BCUT2D eigenvalue weighted by Crippen LogP contribution is 2.44. The van der Waals surface area contributed by atoms with E-state index in [1.807, 2.05) is 0 Å². The van der Waals surface area contributed by atoms with Crippen LogP contribution in [-0.2, 0) is 12.8 Å². The Hall–Kier alpha value is -3.38. The van der Waals surface area contributed by atoms with E-state index < -0.39 is 0 Å². The number of fused-ring (bicyclic) bond motifs is 4. The molecule has 0 spiro atoms. The summed E-state index contributed by atoms with van der Waals surface area (Å²) in [7, 11) is 0. The SMILES string of the molecule is C1=CC2=C(CC1)C(Cc1ccccc1)Cc1c2ccc2cc(-c3ccccc3)ccc12. The molecule has 1 unspecified atom stereocenters. The number of benzene rings is 4. The molecule has 0 saturated carbocycles. The molecule has 0 aromatic heterocycles. The van der Waals surface area contributed by atoms with Gasteiger partial charge in [-0.05, 0) is 81.8 Å². The van der Waals surface area contributed by atoms with Gasteiger partial charge in [0.05, 0.1) is 0 Å². The molecule has 0 saturated heterocycles. The molecule has 0 N–H and O–H groups in total. The van der Waals surface area contributed by atoms with Crippen molar-refractivity contribution in [2.45, 2.75) is 25.7 Å². The van der Waals surface area contributed by atoms with Gasteiger partial charge in [-0.3, -0.25) is 0 Å². The fourth-order valence-corrected chi connectivity index (χ4v) is 5.51. The van der Waals surface area contributed by atoms with Crippen molar-refractivity contribution in [3.63, 3.8) is 0 Å². The van der Waals surface area contributed by atoms with E-state index in [1.54, 1.807) is 5.57 Å². The Morgan fingerprint density at radius 1 is 0.742 bits per heavy atom. The van der Waals surface area contributed by atoms with E-state index in [1.165, 1.54) is 57.0 Å². The average molecular weight is 399 g/mol. The largest absolute Gasteiger partial charge is 0.0836 e. The van der Waals surface area contributed by atoms with E-state index in [0.717, 1.165) is 12.8 Å². The first-order chi connectivity index (χ1) is 15.4. The molecule has 0 amide bonds. The van der Waals surface area contributed by atoms with Gasteiger partial charge in [-0.2, -0.15) is 0 Å². The van der Waals surface area contributed by atoms with E-state index in [2.05, 4.69) is 103 Å². The summed E-state index contributed by atoms with van der Waals surface area (Å²) in [4.78, 5) is 0. The van der Waals surface area contributed by atoms with Crippen molar-refractivity contribution >= 4 is 16.3 Å². The van der Waals surface area contributed by atoms with E-state index in [9.17, 15) is 0 Å². The van der Waals surface area contributed by atoms with Gasteiger partial charge in [0.15, 0.2) is 0 Å². The van der Waals surface area contributed by atoms with Crippen molar-refractivity contribution in [2.24, 2.45) is 5.92 Å². The van der Waals surface area contributed by atoms with Crippen LogP contribution in [0.15, 0.2) is 109 Å². The van der Waals surface area contributed by atoms with Crippen LogP contribution >= 0.6 is 0 Å². The van der Waals surface area contributed by atoms with Gasteiger partial charge in [-0.1, -0.05) is 103 Å². The highest BCUT2D eigenvalue weighted by molar-refractivity contribution is 5.96. The smallest absolute Gasteiger partial charge is 0.0112 e. The Labute approximate surface area is 184 Å². The summed E-state index contributed by atoms with van der Waals surface area (Å²) in [6, 6.07) is 33.4. The van der Waals surface area contributed by atoms with Gasteiger partial charge >= 0.3 is 0 Å². The summed E-state index contributed by atoms with van der Waals surface area (Å²) in [5.41, 5.74) is 10.2. The first-order valence-electron chi connectivity index (χ1n) is 11.4. The zero-order valence-corrected chi connectivity index (χ0v) is 17.7. The zero-order chi connectivity index (χ0) is 20.6. The summed E-state index contributed by atoms with van der Waals surface area (Å²) in [5, 5.41) is 2.77. The van der Waals surface area contributed by atoms with Crippen LogP contribution in [0.2, 0.25) is 0 Å². The number of rotatable bonds is 3. The first-order valence-corrected chi connectivity index (χ1v) is 11.4. The summed E-state index contributed by atoms with van der Waals surface area (Å²) in [6.45, 7) is 0. The highest BCUT2D eigenvalue weighted by Gasteiger charge is 2.28. The maximum absolute atomic E-state index is 2.39. The maximum Gasteiger partial charge on any atom is -0.0112 e. The lowest BCUT2D eigenvalue weighted by molar-refractivity contribution is 0.575. The van der Waals surface area contributed by atoms with Crippen molar-refractivity contribution in [2.75, 3.05) is 0 Å². The average Bonchev–Trinajstić information content (AvgIpc) is 2.85. The van der Waals surface area contributed by atoms with Crippen molar-refractivity contribution in [3.8, 4) is 11.1 Å². The molecule has 0 bridgehead atoms. The monoisotopic (exact) mass is 398 g/mol. The van der Waals surface area contributed by atoms with E-state index in [4.69, 9.17) is 0 Å². The maximum atomic E-state index is 2.39. The van der Waals surface area contributed by atoms with Crippen LogP contribution in [0.25, 0.3) is 27.5 Å². The third-order valence-electron chi connectivity index (χ3n) is 7.01. The quantitative estimate of drug-likeness (QED) is 0.328. The molecule has 4 aromatic rings. The minimum atomic E-state index is 0.592. The third kappa shape index (κ3) is 3.33. The van der Waals surface area contributed by atoms with Crippen LogP contribution in [0.4, 0.5) is 0 Å². The standard InChI is InChI=1S/C31H26/c1-3-9-22(10-4-1)19-26-21-31-28-17-15-24(23-11-5-2-6-12-23)20-25(28)16-18-30(31)29-14-8-7-13-27(26)29/h1-6,8-12,14-18,20,26H,7,13,19,21H2. The van der Waals surface area contributed by atoms with Crippen LogP contribution in [0.3, 0.4) is 0 Å². The Morgan fingerprint density at radius 2 is 1.55 bits per heavy atom. The molecule has 0 nitrogen and oxygen atoms in total. The molecule has 0 radical (unpaired) electrons. The lowest BCUT2D eigenvalue weighted by atomic mass is 9.72. The van der Waals surface area contributed by atoms with Gasteiger partial charge in [-0.25, -0.2) is 0 Å². The van der Waals surface area contributed by atoms with Crippen LogP contribution in [0.5, 0.6) is 0 Å². The second-order valence-corrected chi connectivity index (χ2v) is 8.86. The van der Waals surface area contributed by atoms with E-state index >= 15 is 0 Å².